The maximum Gasteiger partial charge on any atom is 0.287 e. The second-order valence-electron chi connectivity index (χ2n) is 6.66. The molecule has 1 aliphatic heterocycles. The first kappa shape index (κ1) is 19.8. The Morgan fingerprint density at radius 1 is 1.46 bits per heavy atom. The molecule has 2 atom stereocenters. The fourth-order valence-corrected chi connectivity index (χ4v) is 3.05. The Morgan fingerprint density at radius 3 is 2.86 bits per heavy atom. The first-order valence-electron chi connectivity index (χ1n) is 8.57. The van der Waals surface area contributed by atoms with Gasteiger partial charge in [0, 0.05) is 19.5 Å². The van der Waals surface area contributed by atoms with E-state index in [1.807, 2.05) is 0 Å². The van der Waals surface area contributed by atoms with Crippen LogP contribution in [0.25, 0.3) is 0 Å². The summed E-state index contributed by atoms with van der Waals surface area (Å²) in [5, 5.41) is 8.34. The van der Waals surface area contributed by atoms with Crippen molar-refractivity contribution in [3.8, 4) is 0 Å². The number of nitrogens with two attached hydrogens (primary N) is 1. The Labute approximate surface area is 157 Å². The van der Waals surface area contributed by atoms with Gasteiger partial charge in [-0.25, -0.2) is 23.3 Å². The van der Waals surface area contributed by atoms with E-state index in [2.05, 4.69) is 20.5 Å². The zero-order valence-electron chi connectivity index (χ0n) is 15.0. The number of aromatic nitrogens is 3. The van der Waals surface area contributed by atoms with Crippen molar-refractivity contribution >= 4 is 17.4 Å². The van der Waals surface area contributed by atoms with Crippen LogP contribution in [0.3, 0.4) is 0 Å². The van der Waals surface area contributed by atoms with Gasteiger partial charge < -0.3 is 11.1 Å². The van der Waals surface area contributed by atoms with Gasteiger partial charge in [-0.05, 0) is 25.1 Å². The van der Waals surface area contributed by atoms with Crippen molar-refractivity contribution in [1.29, 1.82) is 0 Å². The molecule has 0 radical (unpaired) electrons. The third kappa shape index (κ3) is 4.14. The van der Waals surface area contributed by atoms with Gasteiger partial charge in [-0.15, -0.1) is 0 Å². The number of nitrogens with one attached hydrogen (secondary N) is 2. The average molecular weight is 396 g/mol. The SMILES string of the molecule is CC(C(=O)Nc1ccc(F)cn1)N1CCC(F)(F)C(c2cc(N)c(=O)[nH]n2)C1. The Balaban J connectivity index is 1.75. The van der Waals surface area contributed by atoms with E-state index in [1.54, 1.807) is 11.8 Å². The number of carbonyl (C=O) groups excluding carboxylic acids is 1. The number of carbonyl (C=O) groups is 1. The van der Waals surface area contributed by atoms with Gasteiger partial charge in [0.25, 0.3) is 11.5 Å². The van der Waals surface area contributed by atoms with Gasteiger partial charge >= 0.3 is 0 Å². The third-order valence-corrected chi connectivity index (χ3v) is 4.77. The molecule has 4 N–H and O–H groups in total. The molecule has 11 heteroatoms. The average Bonchev–Trinajstić information content (AvgIpc) is 2.65. The molecule has 3 rings (SSSR count). The molecule has 1 fully saturated rings. The van der Waals surface area contributed by atoms with Gasteiger partial charge in [0.1, 0.15) is 17.3 Å². The number of hydrogen-bond acceptors (Lipinski definition) is 6. The Morgan fingerprint density at radius 2 is 2.21 bits per heavy atom. The van der Waals surface area contributed by atoms with E-state index < -0.39 is 41.6 Å². The Kier molecular flexibility index (Phi) is 5.36. The van der Waals surface area contributed by atoms with Crippen LogP contribution in [0, 0.1) is 5.82 Å². The summed E-state index contributed by atoms with van der Waals surface area (Å²) in [7, 11) is 0. The number of amides is 1. The van der Waals surface area contributed by atoms with Crippen molar-refractivity contribution < 1.29 is 18.0 Å². The summed E-state index contributed by atoms with van der Waals surface area (Å²) < 4.78 is 41.8. The lowest BCUT2D eigenvalue weighted by molar-refractivity contribution is -0.125. The fraction of sp³-hybridized carbons (Fsp3) is 0.412. The van der Waals surface area contributed by atoms with Crippen LogP contribution in [-0.2, 0) is 4.79 Å². The number of aromatic amines is 1. The highest BCUT2D eigenvalue weighted by atomic mass is 19.3. The third-order valence-electron chi connectivity index (χ3n) is 4.77. The zero-order chi connectivity index (χ0) is 20.5. The Bertz CT molecular complexity index is 918. The number of piperidine rings is 1. The van der Waals surface area contributed by atoms with Crippen LogP contribution in [0.2, 0.25) is 0 Å². The van der Waals surface area contributed by atoms with Gasteiger partial charge in [0.15, 0.2) is 0 Å². The molecule has 2 aromatic rings. The van der Waals surface area contributed by atoms with Crippen LogP contribution in [0.15, 0.2) is 29.2 Å². The number of rotatable bonds is 4. The van der Waals surface area contributed by atoms with Crippen molar-refractivity contribution in [2.75, 3.05) is 24.1 Å². The summed E-state index contributed by atoms with van der Waals surface area (Å²) >= 11 is 0. The Hall–Kier alpha value is -2.95. The molecule has 2 aromatic heterocycles. The molecular weight excluding hydrogens is 377 g/mol. The molecule has 0 aliphatic carbocycles. The van der Waals surface area contributed by atoms with E-state index in [1.165, 1.54) is 6.07 Å². The molecule has 0 saturated carbocycles. The van der Waals surface area contributed by atoms with Crippen LogP contribution in [0.1, 0.15) is 25.0 Å². The van der Waals surface area contributed by atoms with Crippen molar-refractivity contribution in [3.05, 3.63) is 46.3 Å². The summed E-state index contributed by atoms with van der Waals surface area (Å²) in [6.07, 6.45) is 0.481. The summed E-state index contributed by atoms with van der Waals surface area (Å²) in [6.45, 7) is 1.42. The predicted octanol–water partition coefficient (Wildman–Crippen LogP) is 1.34. The molecule has 0 aromatic carbocycles. The van der Waals surface area contributed by atoms with Crippen molar-refractivity contribution in [2.24, 2.45) is 0 Å². The molecule has 1 amide bonds. The molecule has 0 spiro atoms. The van der Waals surface area contributed by atoms with E-state index in [9.17, 15) is 22.8 Å². The summed E-state index contributed by atoms with van der Waals surface area (Å²) in [4.78, 5) is 29.1. The zero-order valence-corrected chi connectivity index (χ0v) is 15.0. The van der Waals surface area contributed by atoms with E-state index in [0.717, 1.165) is 18.3 Å². The van der Waals surface area contributed by atoms with E-state index in [4.69, 9.17) is 5.73 Å². The smallest absolute Gasteiger partial charge is 0.287 e. The minimum Gasteiger partial charge on any atom is -0.394 e. The van der Waals surface area contributed by atoms with Crippen LogP contribution >= 0.6 is 0 Å². The number of likely N-dealkylation sites (tertiary alicyclic amines) is 1. The number of alkyl halides is 2. The molecule has 8 nitrogen and oxygen atoms in total. The second kappa shape index (κ2) is 7.58. The maximum atomic E-state index is 14.5. The predicted molar refractivity (Wildman–Crippen MR) is 95.4 cm³/mol. The van der Waals surface area contributed by atoms with E-state index in [0.29, 0.717) is 0 Å². The second-order valence-corrected chi connectivity index (χ2v) is 6.66. The molecule has 1 aliphatic rings. The lowest BCUT2D eigenvalue weighted by Gasteiger charge is -2.40. The molecule has 0 bridgehead atoms. The number of hydrogen-bond donors (Lipinski definition) is 3. The summed E-state index contributed by atoms with van der Waals surface area (Å²) in [5.74, 6) is -5.24. The number of H-pyrrole nitrogens is 1. The van der Waals surface area contributed by atoms with Crippen LogP contribution in [-0.4, -0.2) is 51.0 Å². The number of halogens is 3. The van der Waals surface area contributed by atoms with Crippen LogP contribution in [0.5, 0.6) is 0 Å². The minimum atomic E-state index is -3.07. The van der Waals surface area contributed by atoms with E-state index in [-0.39, 0.29) is 30.3 Å². The van der Waals surface area contributed by atoms with Gasteiger partial charge in [0.05, 0.1) is 23.9 Å². The van der Waals surface area contributed by atoms with Crippen molar-refractivity contribution in [3.63, 3.8) is 0 Å². The van der Waals surface area contributed by atoms with Crippen LogP contribution in [0.4, 0.5) is 24.7 Å². The maximum absolute atomic E-state index is 14.5. The van der Waals surface area contributed by atoms with E-state index >= 15 is 0 Å². The topological polar surface area (TPSA) is 117 Å². The number of nitrogens with zero attached hydrogens (tertiary/aromatic N) is 3. The number of anilines is 2. The highest BCUT2D eigenvalue weighted by Gasteiger charge is 2.47. The van der Waals surface area contributed by atoms with Crippen molar-refractivity contribution in [1.82, 2.24) is 20.1 Å². The largest absolute Gasteiger partial charge is 0.394 e. The van der Waals surface area contributed by atoms with Crippen molar-refractivity contribution in [2.45, 2.75) is 31.2 Å². The molecular formula is C17H19F3N6O2. The number of nitrogen functional groups attached to an aromatic ring is 1. The highest BCUT2D eigenvalue weighted by Crippen LogP contribution is 2.40. The quantitative estimate of drug-likeness (QED) is 0.718. The first-order chi connectivity index (χ1) is 13.2. The monoisotopic (exact) mass is 396 g/mol. The standard InChI is InChI=1S/C17H19F3N6O2/c1-9(15(27)23-14-3-2-10(18)7-22-14)26-5-4-17(19,20)11(8-26)13-6-12(21)16(28)25-24-13/h2-3,6-7,9,11H,4-5,8H2,1H3,(H2,21,24)(H,25,28)(H,22,23,27). The summed E-state index contributed by atoms with van der Waals surface area (Å²) in [6, 6.07) is 2.84. The summed E-state index contributed by atoms with van der Waals surface area (Å²) in [5.41, 5.74) is 4.62. The molecule has 150 valence electrons. The van der Waals surface area contributed by atoms with Crippen LogP contribution < -0.4 is 16.6 Å². The van der Waals surface area contributed by atoms with Gasteiger partial charge in [-0.3, -0.25) is 14.5 Å². The van der Waals surface area contributed by atoms with Gasteiger partial charge in [-0.1, -0.05) is 0 Å². The molecule has 28 heavy (non-hydrogen) atoms. The molecule has 3 heterocycles. The normalized spacial score (nSPS) is 20.5. The van der Waals surface area contributed by atoms with Gasteiger partial charge in [-0.2, -0.15) is 5.10 Å². The lowest BCUT2D eigenvalue weighted by Crippen LogP contribution is -2.52. The first-order valence-corrected chi connectivity index (χ1v) is 8.57. The lowest BCUT2D eigenvalue weighted by atomic mass is 9.89. The highest BCUT2D eigenvalue weighted by molar-refractivity contribution is 5.93. The minimum absolute atomic E-state index is 0.00618. The molecule has 1 saturated heterocycles. The molecule has 2 unspecified atom stereocenters. The van der Waals surface area contributed by atoms with Gasteiger partial charge in [0.2, 0.25) is 5.91 Å². The number of pyridine rings is 1. The fourth-order valence-electron chi connectivity index (χ4n) is 3.05.